The quantitative estimate of drug-likeness (QED) is 0.877. The van der Waals surface area contributed by atoms with E-state index in [-0.39, 0.29) is 5.41 Å². The predicted molar refractivity (Wildman–Crippen MR) is 79.3 cm³/mol. The second kappa shape index (κ2) is 4.56. The molecule has 0 bridgehead atoms. The van der Waals surface area contributed by atoms with Gasteiger partial charge in [-0.15, -0.1) is 0 Å². The second-order valence-corrected chi connectivity index (χ2v) is 7.18. The molecular weight excluding hydrogens is 304 g/mol. The normalized spacial score (nSPS) is 15.8. The first-order valence-electron chi connectivity index (χ1n) is 6.70. The summed E-state index contributed by atoms with van der Waals surface area (Å²) in [6.45, 7) is 8.60. The van der Waals surface area contributed by atoms with Gasteiger partial charge < -0.3 is 5.32 Å². The highest BCUT2D eigenvalue weighted by molar-refractivity contribution is 9.10. The molecule has 5 heteroatoms. The molecule has 1 N–H and O–H groups in total. The Bertz CT molecular complexity index is 624. The number of rotatable bonds is 1. The van der Waals surface area contributed by atoms with Crippen LogP contribution in [0.2, 0.25) is 0 Å². The average molecular weight is 323 g/mol. The Morgan fingerprint density at radius 3 is 2.95 bits per heavy atom. The van der Waals surface area contributed by atoms with Gasteiger partial charge in [0.2, 0.25) is 0 Å². The van der Waals surface area contributed by atoms with Crippen LogP contribution in [0.25, 0.3) is 5.65 Å². The standard InChI is InChI=1S/C14H19BrN4/c1-14(2,3)6-10-12(15)13-17-8-9-7-16-5-4-11(9)19(13)18-10/h8,16H,4-7H2,1-3H3. The molecule has 2 aromatic rings. The van der Waals surface area contributed by atoms with Gasteiger partial charge in [-0.1, -0.05) is 20.8 Å². The molecule has 0 saturated heterocycles. The molecule has 2 aromatic heterocycles. The van der Waals surface area contributed by atoms with E-state index in [1.165, 1.54) is 11.3 Å². The van der Waals surface area contributed by atoms with Crippen LogP contribution in [0.5, 0.6) is 0 Å². The van der Waals surface area contributed by atoms with Crippen LogP contribution in [0.3, 0.4) is 0 Å². The Kier molecular flexibility index (Phi) is 3.14. The molecule has 19 heavy (non-hydrogen) atoms. The maximum absolute atomic E-state index is 4.79. The Hall–Kier alpha value is -0.940. The third-order valence-electron chi connectivity index (χ3n) is 3.39. The molecule has 0 aliphatic carbocycles. The van der Waals surface area contributed by atoms with Crippen LogP contribution in [0.15, 0.2) is 10.7 Å². The molecule has 1 aliphatic heterocycles. The Labute approximate surface area is 121 Å². The van der Waals surface area contributed by atoms with Gasteiger partial charge in [-0.25, -0.2) is 9.50 Å². The van der Waals surface area contributed by atoms with Gasteiger partial charge in [-0.2, -0.15) is 5.10 Å². The number of hydrogen-bond donors (Lipinski definition) is 1. The zero-order chi connectivity index (χ0) is 13.6. The SMILES string of the molecule is CC(C)(C)Cc1nn2c3c(cnc2c1Br)CNCC3. The van der Waals surface area contributed by atoms with Gasteiger partial charge in [-0.3, -0.25) is 0 Å². The maximum Gasteiger partial charge on any atom is 0.169 e. The van der Waals surface area contributed by atoms with Crippen LogP contribution in [0, 0.1) is 5.41 Å². The van der Waals surface area contributed by atoms with Crippen molar-refractivity contribution in [2.45, 2.75) is 40.2 Å². The number of nitrogens with zero attached hydrogens (tertiary/aromatic N) is 3. The first kappa shape index (κ1) is 13.1. The van der Waals surface area contributed by atoms with E-state index in [0.717, 1.165) is 41.7 Å². The third kappa shape index (κ3) is 2.41. The summed E-state index contributed by atoms with van der Waals surface area (Å²) in [5.74, 6) is 0. The highest BCUT2D eigenvalue weighted by Gasteiger charge is 2.21. The summed E-state index contributed by atoms with van der Waals surface area (Å²) < 4.78 is 3.07. The van der Waals surface area contributed by atoms with Crippen molar-refractivity contribution in [1.82, 2.24) is 19.9 Å². The van der Waals surface area contributed by atoms with Crippen LogP contribution < -0.4 is 5.32 Å². The van der Waals surface area contributed by atoms with E-state index in [1.54, 1.807) is 0 Å². The van der Waals surface area contributed by atoms with Gasteiger partial charge in [0, 0.05) is 31.3 Å². The fourth-order valence-electron chi connectivity index (χ4n) is 2.54. The largest absolute Gasteiger partial charge is 0.312 e. The van der Waals surface area contributed by atoms with E-state index < -0.39 is 0 Å². The first-order valence-corrected chi connectivity index (χ1v) is 7.49. The lowest BCUT2D eigenvalue weighted by Gasteiger charge is -2.17. The minimum absolute atomic E-state index is 0.224. The van der Waals surface area contributed by atoms with Crippen molar-refractivity contribution in [2.75, 3.05) is 6.54 Å². The molecule has 1 aliphatic rings. The minimum atomic E-state index is 0.224. The van der Waals surface area contributed by atoms with Crippen molar-refractivity contribution >= 4 is 21.6 Å². The average Bonchev–Trinajstić information content (AvgIpc) is 2.65. The lowest BCUT2D eigenvalue weighted by molar-refractivity contribution is 0.404. The molecule has 4 nitrogen and oxygen atoms in total. The molecule has 102 valence electrons. The van der Waals surface area contributed by atoms with Crippen molar-refractivity contribution in [1.29, 1.82) is 0 Å². The lowest BCUT2D eigenvalue weighted by atomic mass is 9.91. The highest BCUT2D eigenvalue weighted by Crippen LogP contribution is 2.29. The molecule has 3 heterocycles. The molecule has 0 spiro atoms. The van der Waals surface area contributed by atoms with E-state index in [4.69, 9.17) is 5.10 Å². The topological polar surface area (TPSA) is 42.2 Å². The second-order valence-electron chi connectivity index (χ2n) is 6.39. The molecule has 0 amide bonds. The van der Waals surface area contributed by atoms with Crippen LogP contribution in [0.4, 0.5) is 0 Å². The third-order valence-corrected chi connectivity index (χ3v) is 4.20. The molecule has 0 radical (unpaired) electrons. The van der Waals surface area contributed by atoms with Gasteiger partial charge in [-0.05, 0) is 27.8 Å². The molecule has 0 atom stereocenters. The molecule has 0 saturated carbocycles. The summed E-state index contributed by atoms with van der Waals surface area (Å²) in [7, 11) is 0. The number of aromatic nitrogens is 3. The molecule has 3 rings (SSSR count). The van der Waals surface area contributed by atoms with Gasteiger partial charge in [0.1, 0.15) is 0 Å². The fraction of sp³-hybridized carbons (Fsp3) is 0.571. The van der Waals surface area contributed by atoms with Crippen LogP contribution in [-0.4, -0.2) is 21.1 Å². The fourth-order valence-corrected chi connectivity index (χ4v) is 3.03. The van der Waals surface area contributed by atoms with E-state index >= 15 is 0 Å². The summed E-state index contributed by atoms with van der Waals surface area (Å²) in [6, 6.07) is 0. The zero-order valence-corrected chi connectivity index (χ0v) is 13.2. The van der Waals surface area contributed by atoms with Gasteiger partial charge in [0.05, 0.1) is 15.9 Å². The van der Waals surface area contributed by atoms with Gasteiger partial charge >= 0.3 is 0 Å². The Morgan fingerprint density at radius 1 is 1.42 bits per heavy atom. The Morgan fingerprint density at radius 2 is 2.21 bits per heavy atom. The van der Waals surface area contributed by atoms with Gasteiger partial charge in [0.15, 0.2) is 5.65 Å². The maximum atomic E-state index is 4.79. The van der Waals surface area contributed by atoms with Crippen LogP contribution >= 0.6 is 15.9 Å². The number of fused-ring (bicyclic) bond motifs is 3. The molecule has 0 fully saturated rings. The van der Waals surface area contributed by atoms with Crippen LogP contribution in [0.1, 0.15) is 37.7 Å². The van der Waals surface area contributed by atoms with E-state index in [0.29, 0.717) is 0 Å². The van der Waals surface area contributed by atoms with Crippen molar-refractivity contribution in [3.8, 4) is 0 Å². The van der Waals surface area contributed by atoms with Crippen LogP contribution in [-0.2, 0) is 19.4 Å². The summed E-state index contributed by atoms with van der Waals surface area (Å²) in [5, 5.41) is 8.16. The van der Waals surface area contributed by atoms with E-state index in [1.807, 2.05) is 10.7 Å². The summed E-state index contributed by atoms with van der Waals surface area (Å²) in [6.07, 6.45) is 3.94. The van der Waals surface area contributed by atoms with E-state index in [2.05, 4.69) is 47.0 Å². The monoisotopic (exact) mass is 322 g/mol. The zero-order valence-electron chi connectivity index (χ0n) is 11.6. The predicted octanol–water partition coefficient (Wildman–Crippen LogP) is 2.73. The van der Waals surface area contributed by atoms with Crippen molar-refractivity contribution in [3.05, 3.63) is 27.6 Å². The molecule has 0 aromatic carbocycles. The lowest BCUT2D eigenvalue weighted by Crippen LogP contribution is -2.26. The Balaban J connectivity index is 2.15. The summed E-state index contributed by atoms with van der Waals surface area (Å²) >= 11 is 3.67. The van der Waals surface area contributed by atoms with Crippen molar-refractivity contribution in [2.24, 2.45) is 5.41 Å². The van der Waals surface area contributed by atoms with Crippen molar-refractivity contribution in [3.63, 3.8) is 0 Å². The summed E-state index contributed by atoms with van der Waals surface area (Å²) in [4.78, 5) is 4.56. The first-order chi connectivity index (χ1) is 8.96. The number of nitrogens with one attached hydrogen (secondary N) is 1. The van der Waals surface area contributed by atoms with Crippen molar-refractivity contribution < 1.29 is 0 Å². The van der Waals surface area contributed by atoms with E-state index in [9.17, 15) is 0 Å². The smallest absolute Gasteiger partial charge is 0.169 e. The molecule has 0 unspecified atom stereocenters. The number of hydrogen-bond acceptors (Lipinski definition) is 3. The summed E-state index contributed by atoms with van der Waals surface area (Å²) in [5.41, 5.74) is 4.83. The number of halogens is 1. The molecular formula is C14H19BrN4. The minimum Gasteiger partial charge on any atom is -0.312 e. The highest BCUT2D eigenvalue weighted by atomic mass is 79.9. The van der Waals surface area contributed by atoms with Gasteiger partial charge in [0.25, 0.3) is 0 Å².